The van der Waals surface area contributed by atoms with Gasteiger partial charge < -0.3 is 20.4 Å². The molecule has 0 aromatic heterocycles. The second-order valence-corrected chi connectivity index (χ2v) is 7.51. The number of hydrogen-bond acceptors (Lipinski definition) is 3. The van der Waals surface area contributed by atoms with Gasteiger partial charge in [-0.15, -0.1) is 0 Å². The predicted octanol–water partition coefficient (Wildman–Crippen LogP) is 2.94. The number of rotatable bonds is 8. The molecule has 5 heteroatoms. The molecule has 1 heterocycles. The van der Waals surface area contributed by atoms with Crippen LogP contribution < -0.4 is 15.5 Å². The average molecular weight is 360 g/mol. The first-order valence-electron chi connectivity index (χ1n) is 10.1. The van der Waals surface area contributed by atoms with E-state index in [9.17, 15) is 0 Å². The van der Waals surface area contributed by atoms with Crippen LogP contribution in [0, 0.1) is 0 Å². The fraction of sp³-hybridized carbons (Fsp3) is 0.667. The lowest BCUT2D eigenvalue weighted by Gasteiger charge is -2.35. The number of likely N-dealkylation sites (tertiary alicyclic amines) is 1. The molecule has 1 aliphatic rings. The number of para-hydroxylation sites is 1. The van der Waals surface area contributed by atoms with Crippen molar-refractivity contribution in [3.05, 3.63) is 30.3 Å². The molecule has 0 bridgehead atoms. The lowest BCUT2D eigenvalue weighted by molar-refractivity contribution is 0.167. The Morgan fingerprint density at radius 3 is 2.50 bits per heavy atom. The van der Waals surface area contributed by atoms with E-state index in [1.54, 1.807) is 0 Å². The summed E-state index contributed by atoms with van der Waals surface area (Å²) in [5.41, 5.74) is 1.28. The number of piperidine rings is 1. The quantitative estimate of drug-likeness (QED) is 0.425. The molecule has 5 nitrogen and oxygen atoms in total. The molecule has 146 valence electrons. The van der Waals surface area contributed by atoms with Crippen molar-refractivity contribution >= 4 is 11.6 Å². The summed E-state index contributed by atoms with van der Waals surface area (Å²) in [5.74, 6) is 0.949. The molecule has 1 saturated heterocycles. The molecule has 1 aromatic carbocycles. The number of nitrogens with zero attached hydrogens (tertiary/aromatic N) is 3. The van der Waals surface area contributed by atoms with Gasteiger partial charge in [0.1, 0.15) is 0 Å². The molecular weight excluding hydrogens is 322 g/mol. The average Bonchev–Trinajstić information content (AvgIpc) is 2.67. The van der Waals surface area contributed by atoms with Crippen LogP contribution in [0.5, 0.6) is 0 Å². The molecule has 0 saturated carbocycles. The summed E-state index contributed by atoms with van der Waals surface area (Å²) in [6.45, 7) is 8.96. The van der Waals surface area contributed by atoms with Gasteiger partial charge in [0.05, 0.1) is 0 Å². The first-order chi connectivity index (χ1) is 12.6. The van der Waals surface area contributed by atoms with Gasteiger partial charge in [-0.2, -0.15) is 0 Å². The van der Waals surface area contributed by atoms with Crippen LogP contribution in [0.25, 0.3) is 0 Å². The van der Waals surface area contributed by atoms with Gasteiger partial charge in [0.2, 0.25) is 0 Å². The molecule has 0 aliphatic carbocycles. The Labute approximate surface area is 159 Å². The maximum atomic E-state index is 4.39. The zero-order valence-corrected chi connectivity index (χ0v) is 17.0. The van der Waals surface area contributed by atoms with Crippen LogP contribution in [0.2, 0.25) is 0 Å². The first-order valence-corrected chi connectivity index (χ1v) is 10.1. The van der Waals surface area contributed by atoms with Crippen molar-refractivity contribution in [3.8, 4) is 0 Å². The summed E-state index contributed by atoms with van der Waals surface area (Å²) < 4.78 is 0. The lowest BCUT2D eigenvalue weighted by Crippen LogP contribution is -2.50. The summed E-state index contributed by atoms with van der Waals surface area (Å²) in [7, 11) is 4.02. The predicted molar refractivity (Wildman–Crippen MR) is 113 cm³/mol. The second kappa shape index (κ2) is 11.1. The molecule has 26 heavy (non-hydrogen) atoms. The molecule has 2 N–H and O–H groups in total. The fourth-order valence-corrected chi connectivity index (χ4v) is 3.44. The van der Waals surface area contributed by atoms with Crippen molar-refractivity contribution < 1.29 is 0 Å². The number of benzene rings is 1. The van der Waals surface area contributed by atoms with Crippen molar-refractivity contribution in [1.82, 2.24) is 15.5 Å². The third-order valence-corrected chi connectivity index (χ3v) is 5.23. The minimum Gasteiger partial charge on any atom is -0.375 e. The van der Waals surface area contributed by atoms with Crippen LogP contribution in [0.4, 0.5) is 5.69 Å². The van der Waals surface area contributed by atoms with E-state index < -0.39 is 0 Å². The monoisotopic (exact) mass is 359 g/mol. The summed E-state index contributed by atoms with van der Waals surface area (Å²) in [6, 6.07) is 11.8. The molecule has 0 amide bonds. The number of hydrogen-bond donors (Lipinski definition) is 2. The van der Waals surface area contributed by atoms with Crippen LogP contribution in [0.15, 0.2) is 35.3 Å². The van der Waals surface area contributed by atoms with E-state index in [0.29, 0.717) is 12.1 Å². The summed E-state index contributed by atoms with van der Waals surface area (Å²) in [6.07, 6.45) is 4.70. The highest BCUT2D eigenvalue weighted by Crippen LogP contribution is 2.13. The Morgan fingerprint density at radius 2 is 1.88 bits per heavy atom. The molecule has 2 rings (SSSR count). The Bertz CT molecular complexity index is 520. The molecule has 1 aliphatic heterocycles. The van der Waals surface area contributed by atoms with Crippen molar-refractivity contribution in [2.75, 3.05) is 45.2 Å². The standard InChI is InChI=1S/C21H37N5/c1-18(2)26-16-12-19(13-17-26)24-21(22-3)23-14-8-9-15-25(4)20-10-6-5-7-11-20/h5-7,10-11,18-19H,8-9,12-17H2,1-4H3,(H2,22,23,24). The zero-order chi connectivity index (χ0) is 18.8. The largest absolute Gasteiger partial charge is 0.375 e. The van der Waals surface area contributed by atoms with Crippen LogP contribution in [0.3, 0.4) is 0 Å². The second-order valence-electron chi connectivity index (χ2n) is 7.51. The number of anilines is 1. The molecule has 0 atom stereocenters. The summed E-state index contributed by atoms with van der Waals surface area (Å²) in [4.78, 5) is 9.26. The van der Waals surface area contributed by atoms with E-state index in [-0.39, 0.29) is 0 Å². The van der Waals surface area contributed by atoms with Gasteiger partial charge in [-0.05, 0) is 51.7 Å². The Kier molecular flexibility index (Phi) is 8.75. The van der Waals surface area contributed by atoms with Gasteiger partial charge in [0.25, 0.3) is 0 Å². The van der Waals surface area contributed by atoms with Gasteiger partial charge in [0.15, 0.2) is 5.96 Å². The molecule has 0 spiro atoms. The van der Waals surface area contributed by atoms with Crippen molar-refractivity contribution in [2.24, 2.45) is 4.99 Å². The highest BCUT2D eigenvalue weighted by atomic mass is 15.2. The molecule has 0 unspecified atom stereocenters. The van der Waals surface area contributed by atoms with Crippen LogP contribution in [0.1, 0.15) is 39.5 Å². The van der Waals surface area contributed by atoms with E-state index in [4.69, 9.17) is 0 Å². The van der Waals surface area contributed by atoms with Crippen molar-refractivity contribution in [2.45, 2.75) is 51.6 Å². The number of unbranched alkanes of at least 4 members (excludes halogenated alkanes) is 1. The van der Waals surface area contributed by atoms with Crippen molar-refractivity contribution in [1.29, 1.82) is 0 Å². The Hall–Kier alpha value is -1.75. The minimum absolute atomic E-state index is 0.542. The highest BCUT2D eigenvalue weighted by molar-refractivity contribution is 5.79. The van der Waals surface area contributed by atoms with Crippen molar-refractivity contribution in [3.63, 3.8) is 0 Å². The van der Waals surface area contributed by atoms with Crippen LogP contribution in [-0.4, -0.2) is 63.2 Å². The highest BCUT2D eigenvalue weighted by Gasteiger charge is 2.21. The van der Waals surface area contributed by atoms with Gasteiger partial charge in [0, 0.05) is 58.0 Å². The summed E-state index contributed by atoms with van der Waals surface area (Å²) in [5, 5.41) is 7.06. The molecule has 1 fully saturated rings. The first kappa shape index (κ1) is 20.6. The molecular formula is C21H37N5. The fourth-order valence-electron chi connectivity index (χ4n) is 3.44. The van der Waals surface area contributed by atoms with Gasteiger partial charge >= 0.3 is 0 Å². The summed E-state index contributed by atoms with van der Waals surface area (Å²) >= 11 is 0. The van der Waals surface area contributed by atoms with Gasteiger partial charge in [-0.25, -0.2) is 0 Å². The Balaban J connectivity index is 1.59. The molecule has 0 radical (unpaired) electrons. The van der Waals surface area contributed by atoms with Gasteiger partial charge in [-0.3, -0.25) is 4.99 Å². The van der Waals surface area contributed by atoms with E-state index in [2.05, 4.69) is 76.7 Å². The van der Waals surface area contributed by atoms with E-state index in [1.807, 2.05) is 7.05 Å². The Morgan fingerprint density at radius 1 is 1.19 bits per heavy atom. The third-order valence-electron chi connectivity index (χ3n) is 5.23. The van der Waals surface area contributed by atoms with Gasteiger partial charge in [-0.1, -0.05) is 18.2 Å². The minimum atomic E-state index is 0.542. The van der Waals surface area contributed by atoms with E-state index >= 15 is 0 Å². The topological polar surface area (TPSA) is 42.9 Å². The van der Waals surface area contributed by atoms with Crippen LogP contribution in [-0.2, 0) is 0 Å². The lowest BCUT2D eigenvalue weighted by atomic mass is 10.0. The number of aliphatic imine (C=N–C) groups is 1. The van der Waals surface area contributed by atoms with E-state index in [0.717, 1.165) is 25.5 Å². The zero-order valence-electron chi connectivity index (χ0n) is 17.0. The number of nitrogens with one attached hydrogen (secondary N) is 2. The maximum absolute atomic E-state index is 4.39. The normalized spacial score (nSPS) is 16.7. The maximum Gasteiger partial charge on any atom is 0.191 e. The molecule has 1 aromatic rings. The number of guanidine groups is 1. The van der Waals surface area contributed by atoms with E-state index in [1.165, 1.54) is 38.0 Å². The van der Waals surface area contributed by atoms with Crippen LogP contribution >= 0.6 is 0 Å². The SMILES string of the molecule is CN=C(NCCCCN(C)c1ccccc1)NC1CCN(C(C)C)CC1. The smallest absolute Gasteiger partial charge is 0.191 e. The third kappa shape index (κ3) is 6.87.